The standard InChI is InChI=1S/C10H5ClN2O2S/c11-5-1-2-7-6(3-5)9(15)12-10-13(7)8(14)4-16-10/h1-3H,4H2. The van der Waals surface area contributed by atoms with E-state index < -0.39 is 0 Å². The van der Waals surface area contributed by atoms with Crippen molar-refractivity contribution in [1.29, 1.82) is 0 Å². The van der Waals surface area contributed by atoms with Crippen LogP contribution < -0.4 is 5.56 Å². The van der Waals surface area contributed by atoms with E-state index in [-0.39, 0.29) is 11.5 Å². The number of fused-ring (bicyclic) bond motifs is 3. The summed E-state index contributed by atoms with van der Waals surface area (Å²) in [6, 6.07) is 4.87. The Morgan fingerprint density at radius 1 is 1.38 bits per heavy atom. The highest BCUT2D eigenvalue weighted by atomic mass is 35.5. The molecule has 0 saturated carbocycles. The summed E-state index contributed by atoms with van der Waals surface area (Å²) >= 11 is 7.09. The molecule has 1 aliphatic rings. The van der Waals surface area contributed by atoms with Gasteiger partial charge in [-0.1, -0.05) is 23.4 Å². The fraction of sp³-hybridized carbons (Fsp3) is 0.100. The number of benzene rings is 1. The minimum atomic E-state index is -0.342. The Hall–Kier alpha value is -1.33. The van der Waals surface area contributed by atoms with Crippen LogP contribution in [0.1, 0.15) is 4.79 Å². The molecule has 16 heavy (non-hydrogen) atoms. The lowest BCUT2D eigenvalue weighted by Crippen LogP contribution is -2.16. The first-order chi connectivity index (χ1) is 7.66. The highest BCUT2D eigenvalue weighted by Gasteiger charge is 2.23. The summed E-state index contributed by atoms with van der Waals surface area (Å²) in [5, 5.41) is 1.31. The quantitative estimate of drug-likeness (QED) is 0.671. The number of carbonyl (C=O) groups excluding carboxylic acids is 1. The maximum atomic E-state index is 11.7. The van der Waals surface area contributed by atoms with Crippen LogP contribution in [0.15, 0.2) is 28.2 Å². The second kappa shape index (κ2) is 3.33. The summed E-state index contributed by atoms with van der Waals surface area (Å²) < 4.78 is 1.47. The molecule has 0 unspecified atom stereocenters. The van der Waals surface area contributed by atoms with Gasteiger partial charge in [0.2, 0.25) is 5.91 Å². The fourth-order valence-corrected chi connectivity index (χ4v) is 2.73. The minimum absolute atomic E-state index is 0.0557. The zero-order valence-corrected chi connectivity index (χ0v) is 9.51. The largest absolute Gasteiger partial charge is 0.281 e. The molecule has 1 aliphatic heterocycles. The Labute approximate surface area is 99.2 Å². The van der Waals surface area contributed by atoms with Crippen LogP contribution in [0.2, 0.25) is 5.02 Å². The predicted molar refractivity (Wildman–Crippen MR) is 62.4 cm³/mol. The molecule has 0 spiro atoms. The molecule has 0 saturated heterocycles. The van der Waals surface area contributed by atoms with E-state index >= 15 is 0 Å². The molecule has 0 atom stereocenters. The second-order valence-electron chi connectivity index (χ2n) is 3.38. The Kier molecular flexibility index (Phi) is 2.05. The number of carbonyl (C=O) groups is 1. The number of nitrogens with zero attached hydrogens (tertiary/aromatic N) is 2. The van der Waals surface area contributed by atoms with Gasteiger partial charge < -0.3 is 0 Å². The van der Waals surface area contributed by atoms with Crippen molar-refractivity contribution in [3.63, 3.8) is 0 Å². The van der Waals surface area contributed by atoms with Gasteiger partial charge in [0.25, 0.3) is 5.56 Å². The van der Waals surface area contributed by atoms with Gasteiger partial charge in [-0.3, -0.25) is 14.2 Å². The monoisotopic (exact) mass is 252 g/mol. The lowest BCUT2D eigenvalue weighted by molar-refractivity contribution is 0.0943. The molecule has 2 heterocycles. The van der Waals surface area contributed by atoms with Gasteiger partial charge in [0.15, 0.2) is 5.16 Å². The summed E-state index contributed by atoms with van der Waals surface area (Å²) in [4.78, 5) is 27.2. The molecule has 0 fully saturated rings. The first kappa shape index (κ1) is 9.86. The van der Waals surface area contributed by atoms with E-state index in [9.17, 15) is 9.59 Å². The van der Waals surface area contributed by atoms with Crippen molar-refractivity contribution in [3.8, 4) is 0 Å². The van der Waals surface area contributed by atoms with Crippen LogP contribution in [0.5, 0.6) is 0 Å². The maximum absolute atomic E-state index is 11.7. The first-order valence-corrected chi connectivity index (χ1v) is 5.91. The summed E-state index contributed by atoms with van der Waals surface area (Å²) in [6.45, 7) is 0. The molecule has 4 nitrogen and oxygen atoms in total. The zero-order chi connectivity index (χ0) is 11.3. The average Bonchev–Trinajstić information content (AvgIpc) is 2.61. The predicted octanol–water partition coefficient (Wildman–Crippen LogP) is 1.80. The number of halogens is 1. The van der Waals surface area contributed by atoms with Gasteiger partial charge in [-0.05, 0) is 18.2 Å². The number of aromatic nitrogens is 2. The minimum Gasteiger partial charge on any atom is -0.273 e. The number of rotatable bonds is 0. The number of thioether (sulfide) groups is 1. The summed E-state index contributed by atoms with van der Waals surface area (Å²) in [5.74, 6) is 0.272. The van der Waals surface area contributed by atoms with Gasteiger partial charge in [0, 0.05) is 5.02 Å². The van der Waals surface area contributed by atoms with Crippen LogP contribution in [0.25, 0.3) is 10.9 Å². The maximum Gasteiger partial charge on any atom is 0.281 e. The third-order valence-electron chi connectivity index (χ3n) is 2.39. The molecule has 2 aromatic rings. The molecule has 6 heteroatoms. The Morgan fingerprint density at radius 2 is 2.19 bits per heavy atom. The fourth-order valence-electron chi connectivity index (χ4n) is 1.70. The van der Waals surface area contributed by atoms with Gasteiger partial charge in [0.05, 0.1) is 16.7 Å². The van der Waals surface area contributed by atoms with Crippen LogP contribution in [-0.4, -0.2) is 21.2 Å². The van der Waals surface area contributed by atoms with Crippen LogP contribution in [0.4, 0.5) is 0 Å². The third kappa shape index (κ3) is 1.28. The van der Waals surface area contributed by atoms with Gasteiger partial charge in [-0.15, -0.1) is 0 Å². The van der Waals surface area contributed by atoms with Crippen molar-refractivity contribution >= 4 is 40.2 Å². The molecule has 3 rings (SSSR count). The molecule has 0 bridgehead atoms. The van der Waals surface area contributed by atoms with Crippen molar-refractivity contribution in [3.05, 3.63) is 33.6 Å². The average molecular weight is 253 g/mol. The lowest BCUT2D eigenvalue weighted by atomic mass is 10.2. The van der Waals surface area contributed by atoms with E-state index in [0.29, 0.717) is 26.8 Å². The first-order valence-electron chi connectivity index (χ1n) is 4.55. The van der Waals surface area contributed by atoms with Gasteiger partial charge in [-0.2, -0.15) is 4.98 Å². The highest BCUT2D eigenvalue weighted by molar-refractivity contribution is 8.00. The normalized spacial score (nSPS) is 14.4. The van der Waals surface area contributed by atoms with Gasteiger partial charge >= 0.3 is 0 Å². The van der Waals surface area contributed by atoms with E-state index in [4.69, 9.17) is 11.6 Å². The number of hydrogen-bond acceptors (Lipinski definition) is 4. The van der Waals surface area contributed by atoms with Crippen molar-refractivity contribution in [2.45, 2.75) is 5.16 Å². The molecule has 0 amide bonds. The topological polar surface area (TPSA) is 52.0 Å². The van der Waals surface area contributed by atoms with Crippen molar-refractivity contribution in [1.82, 2.24) is 9.55 Å². The molecular formula is C10H5ClN2O2S. The lowest BCUT2D eigenvalue weighted by Gasteiger charge is -2.05. The smallest absolute Gasteiger partial charge is 0.273 e. The molecule has 1 aromatic heterocycles. The molecule has 80 valence electrons. The van der Waals surface area contributed by atoms with Gasteiger partial charge in [0.1, 0.15) is 0 Å². The molecule has 0 aliphatic carbocycles. The Balaban J connectivity index is 2.53. The van der Waals surface area contributed by atoms with Crippen molar-refractivity contribution in [2.24, 2.45) is 0 Å². The van der Waals surface area contributed by atoms with Crippen LogP contribution in [-0.2, 0) is 0 Å². The Morgan fingerprint density at radius 3 is 3.00 bits per heavy atom. The third-order valence-corrected chi connectivity index (χ3v) is 3.55. The number of hydrogen-bond donors (Lipinski definition) is 0. The molecule has 0 radical (unpaired) electrons. The van der Waals surface area contributed by atoms with E-state index in [1.165, 1.54) is 22.4 Å². The van der Waals surface area contributed by atoms with E-state index in [1.54, 1.807) is 12.1 Å². The highest BCUT2D eigenvalue weighted by Crippen LogP contribution is 2.27. The van der Waals surface area contributed by atoms with E-state index in [0.717, 1.165) is 0 Å². The van der Waals surface area contributed by atoms with Crippen LogP contribution in [0.3, 0.4) is 0 Å². The van der Waals surface area contributed by atoms with Crippen molar-refractivity contribution in [2.75, 3.05) is 5.75 Å². The molecule has 1 aromatic carbocycles. The van der Waals surface area contributed by atoms with Crippen molar-refractivity contribution < 1.29 is 4.79 Å². The van der Waals surface area contributed by atoms with Crippen LogP contribution in [0, 0.1) is 0 Å². The molecule has 0 N–H and O–H groups in total. The van der Waals surface area contributed by atoms with Gasteiger partial charge in [-0.25, -0.2) is 0 Å². The summed E-state index contributed by atoms with van der Waals surface area (Å²) in [7, 11) is 0. The summed E-state index contributed by atoms with van der Waals surface area (Å²) in [6.07, 6.45) is 0. The van der Waals surface area contributed by atoms with E-state index in [2.05, 4.69) is 4.98 Å². The summed E-state index contributed by atoms with van der Waals surface area (Å²) in [5.41, 5.74) is 0.236. The van der Waals surface area contributed by atoms with Crippen LogP contribution >= 0.6 is 23.4 Å². The van der Waals surface area contributed by atoms with E-state index in [1.807, 2.05) is 0 Å². The second-order valence-corrected chi connectivity index (χ2v) is 4.76. The SMILES string of the molecule is O=C1CSc2nc(=O)c3cc(Cl)ccc3n21. The zero-order valence-electron chi connectivity index (χ0n) is 7.94. The molecular weight excluding hydrogens is 248 g/mol. The Bertz CT molecular complexity index is 680.